The van der Waals surface area contributed by atoms with Crippen LogP contribution in [-0.2, 0) is 0 Å². The average Bonchev–Trinajstić information content (AvgIpc) is 1.96. The fourth-order valence-electron chi connectivity index (χ4n) is 0.972. The highest BCUT2D eigenvalue weighted by Gasteiger charge is 2.10. The maximum absolute atomic E-state index is 10.5. The summed E-state index contributed by atoms with van der Waals surface area (Å²) in [7, 11) is 0. The summed E-state index contributed by atoms with van der Waals surface area (Å²) in [5.41, 5.74) is 1.71. The first-order valence-corrected chi connectivity index (χ1v) is 3.56. The number of hydrogen-bond donors (Lipinski definition) is 2. The lowest BCUT2D eigenvalue weighted by Gasteiger charge is -2.03. The van der Waals surface area contributed by atoms with Gasteiger partial charge in [-0.25, -0.2) is 4.79 Å². The van der Waals surface area contributed by atoms with E-state index >= 15 is 0 Å². The fraction of sp³-hybridized carbons (Fsp3) is 0.222. The normalized spacial score (nSPS) is 9.83. The molecule has 3 heteroatoms. The number of phenols is 1. The predicted molar refractivity (Wildman–Crippen MR) is 44.5 cm³/mol. The molecule has 0 amide bonds. The molecule has 0 unspecified atom stereocenters. The van der Waals surface area contributed by atoms with Crippen LogP contribution in [0.15, 0.2) is 12.1 Å². The van der Waals surface area contributed by atoms with Crippen LogP contribution in [0.2, 0.25) is 0 Å². The van der Waals surface area contributed by atoms with E-state index in [2.05, 4.69) is 0 Å². The van der Waals surface area contributed by atoms with Gasteiger partial charge in [0.15, 0.2) is 0 Å². The summed E-state index contributed by atoms with van der Waals surface area (Å²) in [5, 5.41) is 17.8. The summed E-state index contributed by atoms with van der Waals surface area (Å²) >= 11 is 0. The highest BCUT2D eigenvalue weighted by molar-refractivity contribution is 5.91. The lowest BCUT2D eigenvalue weighted by molar-refractivity contribution is 0.0693. The Hall–Kier alpha value is -1.51. The number of hydrogen-bond acceptors (Lipinski definition) is 2. The van der Waals surface area contributed by atoms with Gasteiger partial charge < -0.3 is 10.2 Å². The predicted octanol–water partition coefficient (Wildman–Crippen LogP) is 1.71. The quantitative estimate of drug-likeness (QED) is 0.667. The van der Waals surface area contributed by atoms with Gasteiger partial charge in [-0.1, -0.05) is 0 Å². The van der Waals surface area contributed by atoms with Gasteiger partial charge in [-0.2, -0.15) is 0 Å². The number of carboxylic acid groups (broad SMARTS) is 1. The third kappa shape index (κ3) is 1.39. The molecular weight excluding hydrogens is 156 g/mol. The Bertz CT molecular complexity index is 329. The van der Waals surface area contributed by atoms with Crippen molar-refractivity contribution < 1.29 is 15.0 Å². The van der Waals surface area contributed by atoms with Gasteiger partial charge in [-0.3, -0.25) is 0 Å². The lowest BCUT2D eigenvalue weighted by Crippen LogP contribution is -1.98. The van der Waals surface area contributed by atoms with E-state index in [1.807, 2.05) is 6.92 Å². The molecule has 0 fully saturated rings. The Balaban J connectivity index is 3.33. The number of carbonyl (C=O) groups is 1. The minimum atomic E-state index is -1.10. The molecule has 1 aromatic rings. The molecule has 0 heterocycles. The van der Waals surface area contributed by atoms with Crippen LogP contribution < -0.4 is 0 Å². The molecule has 0 aromatic heterocycles. The topological polar surface area (TPSA) is 57.5 Å². The van der Waals surface area contributed by atoms with E-state index in [0.29, 0.717) is 0 Å². The van der Waals surface area contributed by atoms with Gasteiger partial charge in [0.25, 0.3) is 0 Å². The van der Waals surface area contributed by atoms with Gasteiger partial charge in [-0.15, -0.1) is 0 Å². The van der Waals surface area contributed by atoms with Crippen LogP contribution in [0.5, 0.6) is 5.75 Å². The average molecular weight is 166 g/mol. The Morgan fingerprint density at radius 2 is 1.75 bits per heavy atom. The van der Waals surface area contributed by atoms with Crippen LogP contribution in [-0.4, -0.2) is 16.2 Å². The molecule has 0 saturated heterocycles. The second-order valence-corrected chi connectivity index (χ2v) is 2.76. The van der Waals surface area contributed by atoms with Crippen LogP contribution in [0.4, 0.5) is 0 Å². The fourth-order valence-corrected chi connectivity index (χ4v) is 0.972. The van der Waals surface area contributed by atoms with Crippen LogP contribution in [0, 0.1) is 13.8 Å². The SMILES string of the molecule is Cc1cc(O)c(C(=O)O)cc1C. The number of aromatic hydroxyl groups is 1. The van der Waals surface area contributed by atoms with E-state index in [1.54, 1.807) is 6.92 Å². The largest absolute Gasteiger partial charge is 0.507 e. The first kappa shape index (κ1) is 8.59. The molecule has 12 heavy (non-hydrogen) atoms. The Kier molecular flexibility index (Phi) is 2.04. The monoisotopic (exact) mass is 166 g/mol. The van der Waals surface area contributed by atoms with Crippen molar-refractivity contribution in [1.82, 2.24) is 0 Å². The number of rotatable bonds is 1. The molecule has 0 bridgehead atoms. The van der Waals surface area contributed by atoms with Gasteiger partial charge in [0.05, 0.1) is 0 Å². The maximum Gasteiger partial charge on any atom is 0.339 e. The number of benzene rings is 1. The van der Waals surface area contributed by atoms with Gasteiger partial charge in [0, 0.05) is 0 Å². The molecule has 64 valence electrons. The van der Waals surface area contributed by atoms with E-state index in [-0.39, 0.29) is 11.3 Å². The minimum Gasteiger partial charge on any atom is -0.507 e. The molecule has 0 radical (unpaired) electrons. The van der Waals surface area contributed by atoms with Crippen LogP contribution in [0.3, 0.4) is 0 Å². The van der Waals surface area contributed by atoms with E-state index in [0.717, 1.165) is 11.1 Å². The third-order valence-electron chi connectivity index (χ3n) is 1.84. The molecule has 1 rings (SSSR count). The van der Waals surface area contributed by atoms with Crippen molar-refractivity contribution >= 4 is 5.97 Å². The summed E-state index contributed by atoms with van der Waals surface area (Å²) < 4.78 is 0. The number of carboxylic acids is 1. The van der Waals surface area contributed by atoms with Crippen molar-refractivity contribution in [2.75, 3.05) is 0 Å². The lowest BCUT2D eigenvalue weighted by atomic mass is 10.1. The molecule has 0 saturated carbocycles. The summed E-state index contributed by atoms with van der Waals surface area (Å²) in [6.45, 7) is 3.63. The highest BCUT2D eigenvalue weighted by Crippen LogP contribution is 2.21. The molecule has 0 aliphatic carbocycles. The van der Waals surface area contributed by atoms with E-state index < -0.39 is 5.97 Å². The minimum absolute atomic E-state index is 0.0434. The molecule has 0 aliphatic heterocycles. The zero-order valence-electron chi connectivity index (χ0n) is 6.96. The highest BCUT2D eigenvalue weighted by atomic mass is 16.4. The third-order valence-corrected chi connectivity index (χ3v) is 1.84. The second kappa shape index (κ2) is 2.85. The van der Waals surface area contributed by atoms with E-state index in [9.17, 15) is 9.90 Å². The zero-order chi connectivity index (χ0) is 9.30. The maximum atomic E-state index is 10.5. The zero-order valence-corrected chi connectivity index (χ0v) is 6.96. The number of aromatic carboxylic acids is 1. The molecule has 1 aromatic carbocycles. The molecular formula is C9H10O3. The van der Waals surface area contributed by atoms with Gasteiger partial charge in [0.2, 0.25) is 0 Å². The molecule has 0 spiro atoms. The van der Waals surface area contributed by atoms with Gasteiger partial charge in [-0.05, 0) is 37.1 Å². The van der Waals surface area contributed by atoms with Crippen LogP contribution in [0.25, 0.3) is 0 Å². The van der Waals surface area contributed by atoms with Crippen molar-refractivity contribution in [1.29, 1.82) is 0 Å². The van der Waals surface area contributed by atoms with E-state index in [4.69, 9.17) is 5.11 Å². The van der Waals surface area contributed by atoms with Crippen molar-refractivity contribution in [2.24, 2.45) is 0 Å². The molecule has 0 atom stereocenters. The smallest absolute Gasteiger partial charge is 0.339 e. The van der Waals surface area contributed by atoms with Crippen molar-refractivity contribution in [3.63, 3.8) is 0 Å². The van der Waals surface area contributed by atoms with Gasteiger partial charge >= 0.3 is 5.97 Å². The Morgan fingerprint density at radius 1 is 1.25 bits per heavy atom. The van der Waals surface area contributed by atoms with Crippen molar-refractivity contribution in [3.05, 3.63) is 28.8 Å². The summed E-state index contributed by atoms with van der Waals surface area (Å²) in [5.74, 6) is -1.28. The summed E-state index contributed by atoms with van der Waals surface area (Å²) in [4.78, 5) is 10.5. The van der Waals surface area contributed by atoms with Crippen LogP contribution >= 0.6 is 0 Å². The van der Waals surface area contributed by atoms with E-state index in [1.165, 1.54) is 12.1 Å². The second-order valence-electron chi connectivity index (χ2n) is 2.76. The Labute approximate surface area is 70.3 Å². The van der Waals surface area contributed by atoms with Gasteiger partial charge in [0.1, 0.15) is 11.3 Å². The Morgan fingerprint density at radius 3 is 2.25 bits per heavy atom. The molecule has 2 N–H and O–H groups in total. The first-order valence-electron chi connectivity index (χ1n) is 3.56. The summed E-state index contributed by atoms with van der Waals surface area (Å²) in [6.07, 6.45) is 0. The summed E-state index contributed by atoms with van der Waals surface area (Å²) in [6, 6.07) is 2.92. The first-order chi connectivity index (χ1) is 5.52. The van der Waals surface area contributed by atoms with Crippen molar-refractivity contribution in [2.45, 2.75) is 13.8 Å². The standard InChI is InChI=1S/C9H10O3/c1-5-3-7(9(11)12)8(10)4-6(5)2/h3-4,10H,1-2H3,(H,11,12). The molecule has 0 aliphatic rings. The van der Waals surface area contributed by atoms with Crippen molar-refractivity contribution in [3.8, 4) is 5.75 Å². The molecule has 3 nitrogen and oxygen atoms in total. The van der Waals surface area contributed by atoms with Crippen LogP contribution in [0.1, 0.15) is 21.5 Å². The number of aryl methyl sites for hydroxylation is 2.